The molecule has 0 saturated carbocycles. The second-order valence-electron chi connectivity index (χ2n) is 4.10. The van der Waals surface area contributed by atoms with Gasteiger partial charge in [0.15, 0.2) is 0 Å². The zero-order chi connectivity index (χ0) is 14.8. The van der Waals surface area contributed by atoms with Gasteiger partial charge < -0.3 is 9.88 Å². The lowest BCUT2D eigenvalue weighted by Gasteiger charge is -2.12. The van der Waals surface area contributed by atoms with Crippen molar-refractivity contribution in [3.63, 3.8) is 0 Å². The number of carbonyl (C=O) groups excluding carboxylic acids is 1. The zero-order valence-electron chi connectivity index (χ0n) is 10.1. The highest BCUT2D eigenvalue weighted by atomic mass is 127. The number of carbonyl (C=O) groups is 1. The van der Waals surface area contributed by atoms with E-state index in [9.17, 15) is 18.0 Å². The molecule has 2 aromatic rings. The molecular formula is C13H10F3IN2O. The van der Waals surface area contributed by atoms with Gasteiger partial charge in [0.1, 0.15) is 12.2 Å². The van der Waals surface area contributed by atoms with Crippen molar-refractivity contribution in [3.05, 3.63) is 51.9 Å². The van der Waals surface area contributed by atoms with Crippen LogP contribution >= 0.6 is 22.6 Å². The lowest BCUT2D eigenvalue weighted by Crippen LogP contribution is -2.23. The number of rotatable bonds is 3. The Morgan fingerprint density at radius 1 is 1.20 bits per heavy atom. The smallest absolute Gasteiger partial charge is 0.334 e. The van der Waals surface area contributed by atoms with Gasteiger partial charge in [0.05, 0.1) is 0 Å². The van der Waals surface area contributed by atoms with Crippen LogP contribution in [0.2, 0.25) is 0 Å². The van der Waals surface area contributed by atoms with E-state index in [1.54, 1.807) is 24.3 Å². The lowest BCUT2D eigenvalue weighted by atomic mass is 10.3. The maximum atomic E-state index is 12.4. The van der Waals surface area contributed by atoms with Crippen molar-refractivity contribution in [1.82, 2.24) is 4.57 Å². The molecule has 0 saturated heterocycles. The SMILES string of the molecule is O=C(Nc1ccc(I)cc1)c1cccn1CC(F)(F)F. The maximum Gasteiger partial charge on any atom is 0.406 e. The summed E-state index contributed by atoms with van der Waals surface area (Å²) in [6, 6.07) is 9.74. The van der Waals surface area contributed by atoms with Crippen molar-refractivity contribution in [1.29, 1.82) is 0 Å². The molecule has 0 radical (unpaired) electrons. The van der Waals surface area contributed by atoms with Crippen LogP contribution in [0.3, 0.4) is 0 Å². The van der Waals surface area contributed by atoms with Crippen molar-refractivity contribution in [3.8, 4) is 0 Å². The second kappa shape index (κ2) is 5.86. The van der Waals surface area contributed by atoms with Crippen LogP contribution < -0.4 is 5.32 Å². The zero-order valence-corrected chi connectivity index (χ0v) is 12.3. The van der Waals surface area contributed by atoms with Gasteiger partial charge in [0.2, 0.25) is 0 Å². The van der Waals surface area contributed by atoms with Gasteiger partial charge >= 0.3 is 6.18 Å². The number of nitrogens with one attached hydrogen (secondary N) is 1. The molecule has 0 atom stereocenters. The Hall–Kier alpha value is -1.51. The van der Waals surface area contributed by atoms with Crippen LogP contribution in [0.5, 0.6) is 0 Å². The van der Waals surface area contributed by atoms with E-state index in [1.807, 2.05) is 0 Å². The Balaban J connectivity index is 2.14. The van der Waals surface area contributed by atoms with Crippen LogP contribution in [0.25, 0.3) is 0 Å². The van der Waals surface area contributed by atoms with E-state index in [4.69, 9.17) is 0 Å². The summed E-state index contributed by atoms with van der Waals surface area (Å²) >= 11 is 2.12. The number of nitrogens with zero attached hydrogens (tertiary/aromatic N) is 1. The molecule has 1 heterocycles. The predicted molar refractivity (Wildman–Crippen MR) is 77.6 cm³/mol. The number of anilines is 1. The van der Waals surface area contributed by atoms with E-state index >= 15 is 0 Å². The normalized spacial score (nSPS) is 11.4. The van der Waals surface area contributed by atoms with Gasteiger partial charge in [-0.3, -0.25) is 4.79 Å². The average molecular weight is 394 g/mol. The van der Waals surface area contributed by atoms with E-state index in [0.29, 0.717) is 5.69 Å². The molecule has 0 aliphatic heterocycles. The number of benzene rings is 1. The summed E-state index contributed by atoms with van der Waals surface area (Å²) < 4.78 is 39.0. The fourth-order valence-electron chi connectivity index (χ4n) is 1.68. The minimum absolute atomic E-state index is 0.0270. The Morgan fingerprint density at radius 2 is 1.85 bits per heavy atom. The first-order chi connectivity index (χ1) is 9.35. The highest BCUT2D eigenvalue weighted by molar-refractivity contribution is 14.1. The van der Waals surface area contributed by atoms with E-state index in [1.165, 1.54) is 18.3 Å². The number of amides is 1. The standard InChI is InChI=1S/C13H10F3IN2O/c14-13(15,16)8-19-7-1-2-11(19)12(20)18-10-5-3-9(17)4-6-10/h1-7H,8H2,(H,18,20). The number of alkyl halides is 3. The Morgan fingerprint density at radius 3 is 2.45 bits per heavy atom. The van der Waals surface area contributed by atoms with Gasteiger partial charge in [0, 0.05) is 15.5 Å². The number of halogens is 4. The van der Waals surface area contributed by atoms with Crippen molar-refractivity contribution in [2.24, 2.45) is 0 Å². The first kappa shape index (κ1) is 14.9. The highest BCUT2D eigenvalue weighted by Gasteiger charge is 2.29. The van der Waals surface area contributed by atoms with Gasteiger partial charge in [-0.15, -0.1) is 0 Å². The molecule has 7 heteroatoms. The molecule has 1 N–H and O–H groups in total. The predicted octanol–water partition coefficient (Wildman–Crippen LogP) is 3.91. The van der Waals surface area contributed by atoms with Gasteiger partial charge in [-0.2, -0.15) is 13.2 Å². The average Bonchev–Trinajstić information content (AvgIpc) is 2.78. The van der Waals surface area contributed by atoms with Crippen LogP contribution in [0.15, 0.2) is 42.6 Å². The van der Waals surface area contributed by atoms with E-state index < -0.39 is 18.6 Å². The molecule has 0 unspecified atom stereocenters. The number of hydrogen-bond donors (Lipinski definition) is 1. The van der Waals surface area contributed by atoms with Crippen molar-refractivity contribution in [2.45, 2.75) is 12.7 Å². The van der Waals surface area contributed by atoms with Crippen molar-refractivity contribution >= 4 is 34.2 Å². The Kier molecular flexibility index (Phi) is 4.36. The molecule has 0 spiro atoms. The molecule has 0 aliphatic rings. The molecule has 20 heavy (non-hydrogen) atoms. The first-order valence-corrected chi connectivity index (χ1v) is 6.72. The molecule has 2 rings (SSSR count). The maximum absolute atomic E-state index is 12.4. The van der Waals surface area contributed by atoms with Gasteiger partial charge in [0.25, 0.3) is 5.91 Å². The fraction of sp³-hybridized carbons (Fsp3) is 0.154. The fourth-order valence-corrected chi connectivity index (χ4v) is 2.04. The Bertz CT molecular complexity index is 605. The Labute approximate surface area is 126 Å². The summed E-state index contributed by atoms with van der Waals surface area (Å²) in [6.07, 6.45) is -3.13. The summed E-state index contributed by atoms with van der Waals surface area (Å²) in [5, 5.41) is 2.57. The van der Waals surface area contributed by atoms with Gasteiger partial charge in [-0.25, -0.2) is 0 Å². The molecule has 0 fully saturated rings. The minimum atomic E-state index is -4.36. The van der Waals surface area contributed by atoms with Crippen molar-refractivity contribution in [2.75, 3.05) is 5.32 Å². The molecular weight excluding hydrogens is 384 g/mol. The van der Waals surface area contributed by atoms with Crippen LogP contribution in [0.4, 0.5) is 18.9 Å². The third-order valence-corrected chi connectivity index (χ3v) is 3.23. The second-order valence-corrected chi connectivity index (χ2v) is 5.34. The van der Waals surface area contributed by atoms with Crippen LogP contribution in [0, 0.1) is 3.57 Å². The first-order valence-electron chi connectivity index (χ1n) is 5.64. The highest BCUT2D eigenvalue weighted by Crippen LogP contribution is 2.20. The van der Waals surface area contributed by atoms with Gasteiger partial charge in [-0.05, 0) is 59.0 Å². The van der Waals surface area contributed by atoms with Gasteiger partial charge in [-0.1, -0.05) is 0 Å². The van der Waals surface area contributed by atoms with E-state index in [0.717, 1.165) is 8.14 Å². The number of hydrogen-bond acceptors (Lipinski definition) is 1. The third kappa shape index (κ3) is 3.99. The lowest BCUT2D eigenvalue weighted by molar-refractivity contribution is -0.140. The van der Waals surface area contributed by atoms with Crippen LogP contribution in [-0.4, -0.2) is 16.7 Å². The third-order valence-electron chi connectivity index (χ3n) is 2.51. The molecule has 106 valence electrons. The summed E-state index contributed by atoms with van der Waals surface area (Å²) in [6.45, 7) is -1.19. The quantitative estimate of drug-likeness (QED) is 0.788. The summed E-state index contributed by atoms with van der Waals surface area (Å²) in [7, 11) is 0. The van der Waals surface area contributed by atoms with Crippen LogP contribution in [0.1, 0.15) is 10.5 Å². The largest absolute Gasteiger partial charge is 0.406 e. The summed E-state index contributed by atoms with van der Waals surface area (Å²) in [5.74, 6) is -0.569. The van der Waals surface area contributed by atoms with E-state index in [-0.39, 0.29) is 5.69 Å². The van der Waals surface area contributed by atoms with E-state index in [2.05, 4.69) is 27.9 Å². The minimum Gasteiger partial charge on any atom is -0.334 e. The molecule has 0 bridgehead atoms. The monoisotopic (exact) mass is 394 g/mol. The number of aromatic nitrogens is 1. The molecule has 1 aromatic heterocycles. The molecule has 3 nitrogen and oxygen atoms in total. The molecule has 1 amide bonds. The summed E-state index contributed by atoms with van der Waals surface area (Å²) in [4.78, 5) is 12.0. The topological polar surface area (TPSA) is 34.0 Å². The van der Waals surface area contributed by atoms with Crippen LogP contribution in [-0.2, 0) is 6.54 Å². The molecule has 1 aromatic carbocycles. The van der Waals surface area contributed by atoms with Crippen molar-refractivity contribution < 1.29 is 18.0 Å². The molecule has 0 aliphatic carbocycles. The summed E-state index contributed by atoms with van der Waals surface area (Å²) in [5.41, 5.74) is 0.510.